The van der Waals surface area contributed by atoms with Crippen LogP contribution in [-0.2, 0) is 5.72 Å². The normalized spacial score (nSPS) is 21.1. The lowest BCUT2D eigenvalue weighted by Gasteiger charge is -2.25. The highest BCUT2D eigenvalue weighted by Gasteiger charge is 2.42. The van der Waals surface area contributed by atoms with E-state index in [-0.39, 0.29) is 5.91 Å². The predicted octanol–water partition coefficient (Wildman–Crippen LogP) is 2.24. The minimum absolute atomic E-state index is 0.240. The molecule has 2 N–H and O–H groups in total. The molecule has 3 heteroatoms. The zero-order chi connectivity index (χ0) is 13.6. The molecule has 0 radical (unpaired) electrons. The van der Waals surface area contributed by atoms with Gasteiger partial charge in [0, 0.05) is 16.7 Å². The van der Waals surface area contributed by atoms with Crippen molar-refractivity contribution in [2.75, 3.05) is 0 Å². The van der Waals surface area contributed by atoms with Gasteiger partial charge in [-0.25, -0.2) is 0 Å². The van der Waals surface area contributed by atoms with Gasteiger partial charge in [-0.3, -0.25) is 4.79 Å². The summed E-state index contributed by atoms with van der Waals surface area (Å²) in [5.41, 5.74) is 2.65. The molecule has 2 aromatic rings. The first-order chi connectivity index (χ1) is 9.02. The summed E-state index contributed by atoms with van der Waals surface area (Å²) >= 11 is 0. The summed E-state index contributed by atoms with van der Waals surface area (Å²) in [6.45, 7) is 4.01. The van der Waals surface area contributed by atoms with E-state index in [2.05, 4.69) is 5.32 Å². The minimum Gasteiger partial charge on any atom is -0.363 e. The van der Waals surface area contributed by atoms with Gasteiger partial charge in [0.25, 0.3) is 5.91 Å². The zero-order valence-corrected chi connectivity index (χ0v) is 10.9. The average molecular weight is 253 g/mol. The number of hydrogen-bond acceptors (Lipinski definition) is 2. The van der Waals surface area contributed by atoms with Crippen LogP contribution in [0.2, 0.25) is 0 Å². The van der Waals surface area contributed by atoms with Gasteiger partial charge in [0.05, 0.1) is 0 Å². The summed E-state index contributed by atoms with van der Waals surface area (Å²) in [6, 6.07) is 12.8. The maximum atomic E-state index is 11.9. The van der Waals surface area contributed by atoms with Gasteiger partial charge in [0.2, 0.25) is 0 Å². The van der Waals surface area contributed by atoms with Crippen LogP contribution in [0.25, 0.3) is 0 Å². The smallest absolute Gasteiger partial charge is 0.254 e. The Labute approximate surface area is 111 Å². The molecule has 0 saturated carbocycles. The van der Waals surface area contributed by atoms with E-state index in [1.165, 1.54) is 0 Å². The van der Waals surface area contributed by atoms with Gasteiger partial charge in [0.15, 0.2) is 5.72 Å². The Bertz CT molecular complexity index is 678. The van der Waals surface area contributed by atoms with Crippen molar-refractivity contribution in [3.63, 3.8) is 0 Å². The van der Waals surface area contributed by atoms with Crippen LogP contribution in [0.4, 0.5) is 0 Å². The van der Waals surface area contributed by atoms with E-state index in [0.29, 0.717) is 16.7 Å². The summed E-state index contributed by atoms with van der Waals surface area (Å²) in [5.74, 6) is -0.240. The van der Waals surface area contributed by atoms with Gasteiger partial charge in [-0.2, -0.15) is 0 Å². The second kappa shape index (κ2) is 3.93. The molecule has 1 aliphatic heterocycles. The molecule has 3 nitrogen and oxygen atoms in total. The van der Waals surface area contributed by atoms with Crippen molar-refractivity contribution in [1.82, 2.24) is 5.32 Å². The molecule has 96 valence electrons. The van der Waals surface area contributed by atoms with Crippen LogP contribution in [0.1, 0.15) is 32.6 Å². The number of carbonyl (C=O) groups excluding carboxylic acids is 1. The number of benzene rings is 2. The van der Waals surface area contributed by atoms with Gasteiger partial charge in [-0.05, 0) is 31.0 Å². The van der Waals surface area contributed by atoms with E-state index < -0.39 is 5.72 Å². The molecule has 19 heavy (non-hydrogen) atoms. The molecule has 3 rings (SSSR count). The number of hydrogen-bond donors (Lipinski definition) is 2. The maximum Gasteiger partial charge on any atom is 0.254 e. The maximum absolute atomic E-state index is 11.9. The molecule has 0 aliphatic carbocycles. The zero-order valence-electron chi connectivity index (χ0n) is 10.9. The number of aryl methyl sites for hydroxylation is 2. The van der Waals surface area contributed by atoms with Crippen molar-refractivity contribution in [3.8, 4) is 0 Å². The van der Waals surface area contributed by atoms with Crippen LogP contribution in [0.5, 0.6) is 0 Å². The Morgan fingerprint density at radius 2 is 1.79 bits per heavy atom. The Hall–Kier alpha value is -2.13. The first-order valence-corrected chi connectivity index (χ1v) is 6.24. The topological polar surface area (TPSA) is 49.3 Å². The highest BCUT2D eigenvalue weighted by molar-refractivity contribution is 6.00. The number of fused-ring (bicyclic) bond motifs is 1. The summed E-state index contributed by atoms with van der Waals surface area (Å²) in [5, 5.41) is 13.5. The molecule has 2 aromatic carbocycles. The fraction of sp³-hybridized carbons (Fsp3) is 0.188. The van der Waals surface area contributed by atoms with E-state index in [1.54, 1.807) is 18.2 Å². The van der Waals surface area contributed by atoms with Crippen molar-refractivity contribution < 1.29 is 9.90 Å². The second-order valence-electron chi connectivity index (χ2n) is 5.01. The van der Waals surface area contributed by atoms with Gasteiger partial charge in [-0.15, -0.1) is 0 Å². The van der Waals surface area contributed by atoms with Gasteiger partial charge >= 0.3 is 0 Å². The molecule has 1 amide bonds. The lowest BCUT2D eigenvalue weighted by molar-refractivity contribution is 0.0475. The molecule has 0 spiro atoms. The highest BCUT2D eigenvalue weighted by atomic mass is 16.3. The summed E-state index contributed by atoms with van der Waals surface area (Å²) in [7, 11) is 0. The molecule has 1 heterocycles. The lowest BCUT2D eigenvalue weighted by Crippen LogP contribution is -2.40. The molecule has 0 fully saturated rings. The van der Waals surface area contributed by atoms with Crippen molar-refractivity contribution in [3.05, 3.63) is 70.3 Å². The molecule has 0 aromatic heterocycles. The molecule has 0 saturated heterocycles. The molecule has 1 unspecified atom stereocenters. The van der Waals surface area contributed by atoms with E-state index in [0.717, 1.165) is 11.1 Å². The molecular weight excluding hydrogens is 238 g/mol. The minimum atomic E-state index is -1.42. The number of rotatable bonds is 1. The third kappa shape index (κ3) is 1.66. The fourth-order valence-corrected chi connectivity index (χ4v) is 2.49. The number of amides is 1. The third-order valence-electron chi connectivity index (χ3n) is 3.78. The Morgan fingerprint density at radius 1 is 1.05 bits per heavy atom. The SMILES string of the molecule is Cc1ccc(C2(O)NC(=O)c3ccccc32)cc1C. The highest BCUT2D eigenvalue weighted by Crippen LogP contribution is 2.35. The van der Waals surface area contributed by atoms with Crippen LogP contribution in [-0.4, -0.2) is 11.0 Å². The van der Waals surface area contributed by atoms with Crippen LogP contribution >= 0.6 is 0 Å². The average Bonchev–Trinajstić information content (AvgIpc) is 2.67. The van der Waals surface area contributed by atoms with Gasteiger partial charge in [-0.1, -0.05) is 36.4 Å². The van der Waals surface area contributed by atoms with E-state index in [4.69, 9.17) is 0 Å². The largest absolute Gasteiger partial charge is 0.363 e. The molecule has 1 atom stereocenters. The summed E-state index contributed by atoms with van der Waals surface area (Å²) in [4.78, 5) is 11.9. The first kappa shape index (κ1) is 11.9. The van der Waals surface area contributed by atoms with E-state index in [9.17, 15) is 9.90 Å². The van der Waals surface area contributed by atoms with Crippen LogP contribution in [0.3, 0.4) is 0 Å². The van der Waals surface area contributed by atoms with E-state index >= 15 is 0 Å². The van der Waals surface area contributed by atoms with E-state index in [1.807, 2.05) is 38.1 Å². The van der Waals surface area contributed by atoms with Crippen molar-refractivity contribution in [2.24, 2.45) is 0 Å². The van der Waals surface area contributed by atoms with Gasteiger partial charge < -0.3 is 10.4 Å². The van der Waals surface area contributed by atoms with Gasteiger partial charge in [0.1, 0.15) is 0 Å². The second-order valence-corrected chi connectivity index (χ2v) is 5.01. The van der Waals surface area contributed by atoms with Crippen molar-refractivity contribution >= 4 is 5.91 Å². The van der Waals surface area contributed by atoms with Crippen LogP contribution in [0, 0.1) is 13.8 Å². The first-order valence-electron chi connectivity index (χ1n) is 6.24. The molecule has 1 aliphatic rings. The fourth-order valence-electron chi connectivity index (χ4n) is 2.49. The predicted molar refractivity (Wildman–Crippen MR) is 72.8 cm³/mol. The molecular formula is C16H15NO2. The summed E-state index contributed by atoms with van der Waals surface area (Å²) in [6.07, 6.45) is 0. The van der Waals surface area contributed by atoms with Crippen LogP contribution in [0.15, 0.2) is 42.5 Å². The van der Waals surface area contributed by atoms with Crippen molar-refractivity contribution in [2.45, 2.75) is 19.6 Å². The Morgan fingerprint density at radius 3 is 2.53 bits per heavy atom. The number of carbonyl (C=O) groups is 1. The monoisotopic (exact) mass is 253 g/mol. The number of nitrogens with one attached hydrogen (secondary N) is 1. The Kier molecular flexibility index (Phi) is 2.47. The lowest BCUT2D eigenvalue weighted by atomic mass is 9.92. The molecule has 0 bridgehead atoms. The Balaban J connectivity index is 2.19. The number of aliphatic hydroxyl groups is 1. The third-order valence-corrected chi connectivity index (χ3v) is 3.78. The summed E-state index contributed by atoms with van der Waals surface area (Å²) < 4.78 is 0. The van der Waals surface area contributed by atoms with Crippen LogP contribution < -0.4 is 5.32 Å². The van der Waals surface area contributed by atoms with Crippen molar-refractivity contribution in [1.29, 1.82) is 0 Å². The standard InChI is InChI=1S/C16H15NO2/c1-10-7-8-12(9-11(10)2)16(19)14-6-4-3-5-13(14)15(18)17-16/h3-9,19H,1-2H3,(H,17,18). The quantitative estimate of drug-likeness (QED) is 0.819.